The number of ketones is 1. The van der Waals surface area contributed by atoms with Crippen LogP contribution in [-0.2, 0) is 4.79 Å². The van der Waals surface area contributed by atoms with Crippen molar-refractivity contribution in [2.45, 2.75) is 38.5 Å². The van der Waals surface area contributed by atoms with Gasteiger partial charge in [0.1, 0.15) is 0 Å². The van der Waals surface area contributed by atoms with Crippen LogP contribution in [0, 0.1) is 23.2 Å². The number of carboxylic acids is 1. The van der Waals surface area contributed by atoms with Crippen molar-refractivity contribution >= 4 is 11.8 Å². The third kappa shape index (κ3) is 3.49. The Morgan fingerprint density at radius 1 is 1.19 bits per heavy atom. The molecule has 1 aliphatic rings. The lowest BCUT2D eigenvalue weighted by Crippen LogP contribution is -2.21. The highest BCUT2D eigenvalue weighted by Gasteiger charge is 2.27. The summed E-state index contributed by atoms with van der Waals surface area (Å²) in [7, 11) is 0. The van der Waals surface area contributed by atoms with Gasteiger partial charge in [0.2, 0.25) is 0 Å². The van der Waals surface area contributed by atoms with Crippen LogP contribution < -0.4 is 0 Å². The van der Waals surface area contributed by atoms with Crippen molar-refractivity contribution < 1.29 is 14.7 Å². The lowest BCUT2D eigenvalue weighted by molar-refractivity contribution is -0.138. The summed E-state index contributed by atoms with van der Waals surface area (Å²) in [6.07, 6.45) is 3.12. The Balaban J connectivity index is 2.04. The molecule has 0 bridgehead atoms. The number of nitriles is 1. The number of benzene rings is 1. The van der Waals surface area contributed by atoms with Crippen molar-refractivity contribution in [1.82, 2.24) is 0 Å². The van der Waals surface area contributed by atoms with Gasteiger partial charge in [-0.05, 0) is 38.2 Å². The predicted molar refractivity (Wildman–Crippen MR) is 77.9 cm³/mol. The Labute approximate surface area is 124 Å². The van der Waals surface area contributed by atoms with E-state index < -0.39 is 11.9 Å². The van der Waals surface area contributed by atoms with E-state index in [0.717, 1.165) is 25.7 Å². The summed E-state index contributed by atoms with van der Waals surface area (Å²) >= 11 is 0. The number of hydrogen-bond donors (Lipinski definition) is 1. The molecule has 1 N–H and O–H groups in total. The summed E-state index contributed by atoms with van der Waals surface area (Å²) in [5, 5.41) is 17.9. The second-order valence-electron chi connectivity index (χ2n) is 5.72. The van der Waals surface area contributed by atoms with Gasteiger partial charge in [-0.2, -0.15) is 5.26 Å². The normalized spacial score (nSPS) is 23.0. The van der Waals surface area contributed by atoms with Crippen LogP contribution in [0.3, 0.4) is 0 Å². The van der Waals surface area contributed by atoms with Crippen LogP contribution in [0.4, 0.5) is 0 Å². The zero-order chi connectivity index (χ0) is 15.4. The van der Waals surface area contributed by atoms with Crippen LogP contribution >= 0.6 is 0 Å². The zero-order valence-electron chi connectivity index (χ0n) is 12.1. The second kappa shape index (κ2) is 6.53. The molecule has 0 heterocycles. The molecular formula is C17H19NO3. The van der Waals surface area contributed by atoms with Gasteiger partial charge in [0.25, 0.3) is 0 Å². The minimum absolute atomic E-state index is 0.00246. The molecule has 21 heavy (non-hydrogen) atoms. The van der Waals surface area contributed by atoms with Gasteiger partial charge in [-0.1, -0.05) is 24.3 Å². The Hall–Kier alpha value is -2.15. The van der Waals surface area contributed by atoms with Crippen molar-refractivity contribution in [1.29, 1.82) is 5.26 Å². The Morgan fingerprint density at radius 3 is 2.24 bits per heavy atom. The van der Waals surface area contributed by atoms with E-state index in [1.165, 1.54) is 0 Å². The molecule has 4 nitrogen and oxygen atoms in total. The molecule has 0 radical (unpaired) electrons. The lowest BCUT2D eigenvalue weighted by Gasteiger charge is -2.23. The SMILES string of the molecule is CC(C(=O)O)c1ccc(C(=O)C2CCC(C#N)CC2)cc1. The number of nitrogens with zero attached hydrogens (tertiary/aromatic N) is 1. The molecule has 0 spiro atoms. The predicted octanol–water partition coefficient (Wildman–Crippen LogP) is 3.39. The van der Waals surface area contributed by atoms with Crippen molar-refractivity contribution in [2.24, 2.45) is 11.8 Å². The van der Waals surface area contributed by atoms with Gasteiger partial charge in [-0.3, -0.25) is 9.59 Å². The molecular weight excluding hydrogens is 266 g/mol. The van der Waals surface area contributed by atoms with E-state index in [-0.39, 0.29) is 17.6 Å². The van der Waals surface area contributed by atoms with Gasteiger partial charge in [0, 0.05) is 17.4 Å². The van der Waals surface area contributed by atoms with Crippen molar-refractivity contribution in [3.63, 3.8) is 0 Å². The molecule has 2 rings (SSSR count). The molecule has 4 heteroatoms. The largest absolute Gasteiger partial charge is 0.481 e. The zero-order valence-corrected chi connectivity index (χ0v) is 12.1. The maximum Gasteiger partial charge on any atom is 0.310 e. The van der Waals surface area contributed by atoms with Crippen LogP contribution in [-0.4, -0.2) is 16.9 Å². The maximum atomic E-state index is 12.4. The van der Waals surface area contributed by atoms with E-state index >= 15 is 0 Å². The fourth-order valence-electron chi connectivity index (χ4n) is 2.80. The third-order valence-electron chi connectivity index (χ3n) is 4.35. The molecule has 1 saturated carbocycles. The first-order valence-electron chi connectivity index (χ1n) is 7.29. The van der Waals surface area contributed by atoms with Crippen LogP contribution in [0.5, 0.6) is 0 Å². The van der Waals surface area contributed by atoms with E-state index in [1.54, 1.807) is 31.2 Å². The Bertz CT molecular complexity index is 563. The van der Waals surface area contributed by atoms with Crippen molar-refractivity contribution in [2.75, 3.05) is 0 Å². The van der Waals surface area contributed by atoms with E-state index in [4.69, 9.17) is 10.4 Å². The highest BCUT2D eigenvalue weighted by Crippen LogP contribution is 2.31. The average molecular weight is 285 g/mol. The molecule has 1 atom stereocenters. The van der Waals surface area contributed by atoms with E-state index in [1.807, 2.05) is 0 Å². The molecule has 0 aromatic heterocycles. The highest BCUT2D eigenvalue weighted by atomic mass is 16.4. The number of Topliss-reactive ketones (excluding diaryl/α,β-unsaturated/α-hetero) is 1. The summed E-state index contributed by atoms with van der Waals surface area (Å²) in [6.45, 7) is 1.63. The summed E-state index contributed by atoms with van der Waals surface area (Å²) < 4.78 is 0. The first kappa shape index (κ1) is 15.2. The Kier molecular flexibility index (Phi) is 4.74. The van der Waals surface area contributed by atoms with Gasteiger partial charge in [-0.25, -0.2) is 0 Å². The maximum absolute atomic E-state index is 12.4. The van der Waals surface area contributed by atoms with Gasteiger partial charge < -0.3 is 5.11 Å². The first-order chi connectivity index (χ1) is 10.0. The molecule has 1 aliphatic carbocycles. The number of rotatable bonds is 4. The molecule has 1 aromatic carbocycles. The minimum atomic E-state index is -0.871. The van der Waals surface area contributed by atoms with Gasteiger partial charge in [0.05, 0.1) is 12.0 Å². The van der Waals surface area contributed by atoms with Crippen LogP contribution in [0.15, 0.2) is 24.3 Å². The van der Waals surface area contributed by atoms with Gasteiger partial charge >= 0.3 is 5.97 Å². The highest BCUT2D eigenvalue weighted by molar-refractivity contribution is 5.98. The molecule has 0 saturated heterocycles. The monoisotopic (exact) mass is 285 g/mol. The molecule has 1 aromatic rings. The minimum Gasteiger partial charge on any atom is -0.481 e. The average Bonchev–Trinajstić information content (AvgIpc) is 2.53. The number of carbonyl (C=O) groups is 2. The molecule has 0 amide bonds. The van der Waals surface area contributed by atoms with Gasteiger partial charge in [-0.15, -0.1) is 0 Å². The molecule has 0 aliphatic heterocycles. The summed E-state index contributed by atoms with van der Waals surface area (Å²) in [4.78, 5) is 23.3. The molecule has 1 unspecified atom stereocenters. The number of carboxylic acid groups (broad SMARTS) is 1. The smallest absolute Gasteiger partial charge is 0.310 e. The van der Waals surface area contributed by atoms with Crippen molar-refractivity contribution in [3.05, 3.63) is 35.4 Å². The van der Waals surface area contributed by atoms with Crippen LogP contribution in [0.1, 0.15) is 54.4 Å². The number of carbonyl (C=O) groups excluding carboxylic acids is 1. The fourth-order valence-corrected chi connectivity index (χ4v) is 2.80. The Morgan fingerprint density at radius 2 is 1.76 bits per heavy atom. The summed E-state index contributed by atoms with van der Waals surface area (Å²) in [6, 6.07) is 9.13. The standard InChI is InChI=1S/C17H19NO3/c1-11(17(20)21)13-6-8-15(9-7-13)16(19)14-4-2-12(10-18)3-5-14/h6-9,11-12,14H,2-5H2,1H3,(H,20,21). The van der Waals surface area contributed by atoms with E-state index in [9.17, 15) is 9.59 Å². The summed E-state index contributed by atoms with van der Waals surface area (Å²) in [5.41, 5.74) is 1.34. The first-order valence-corrected chi connectivity index (χ1v) is 7.29. The van der Waals surface area contributed by atoms with Crippen molar-refractivity contribution in [3.8, 4) is 6.07 Å². The molecule has 1 fully saturated rings. The van der Waals surface area contributed by atoms with Crippen LogP contribution in [0.25, 0.3) is 0 Å². The fraction of sp³-hybridized carbons (Fsp3) is 0.471. The second-order valence-corrected chi connectivity index (χ2v) is 5.72. The van der Waals surface area contributed by atoms with Crippen LogP contribution in [0.2, 0.25) is 0 Å². The van der Waals surface area contributed by atoms with Gasteiger partial charge in [0.15, 0.2) is 5.78 Å². The number of hydrogen-bond acceptors (Lipinski definition) is 3. The third-order valence-corrected chi connectivity index (χ3v) is 4.35. The summed E-state index contributed by atoms with van der Waals surface area (Å²) in [5.74, 6) is -1.24. The van der Waals surface area contributed by atoms with E-state index in [0.29, 0.717) is 11.1 Å². The van der Waals surface area contributed by atoms with E-state index in [2.05, 4.69) is 6.07 Å². The number of aliphatic carboxylic acids is 1. The lowest BCUT2D eigenvalue weighted by atomic mass is 9.79. The topological polar surface area (TPSA) is 78.2 Å². The molecule has 110 valence electrons. The quantitative estimate of drug-likeness (QED) is 0.860.